The molecule has 170 valence electrons. The van der Waals surface area contributed by atoms with Crippen molar-refractivity contribution in [2.75, 3.05) is 13.7 Å². The number of carboxylic acid groups (broad SMARTS) is 1. The van der Waals surface area contributed by atoms with Crippen molar-refractivity contribution in [3.8, 4) is 22.9 Å². The molecule has 7 nitrogen and oxygen atoms in total. The van der Waals surface area contributed by atoms with Gasteiger partial charge in [-0.05, 0) is 53.6 Å². The van der Waals surface area contributed by atoms with Crippen LogP contribution in [0.15, 0.2) is 65.6 Å². The summed E-state index contributed by atoms with van der Waals surface area (Å²) >= 11 is 5.80. The number of sulfonamides is 1. The molecule has 0 amide bonds. The molecule has 0 saturated carbocycles. The van der Waals surface area contributed by atoms with Crippen molar-refractivity contribution in [1.82, 2.24) is 4.31 Å². The van der Waals surface area contributed by atoms with E-state index in [9.17, 15) is 22.9 Å². The van der Waals surface area contributed by atoms with Crippen molar-refractivity contribution < 1.29 is 27.4 Å². The van der Waals surface area contributed by atoms with Gasteiger partial charge in [0.05, 0.1) is 16.5 Å². The third kappa shape index (κ3) is 5.87. The van der Waals surface area contributed by atoms with Crippen LogP contribution in [0.1, 0.15) is 11.1 Å². The Hall–Kier alpha value is -3.45. The number of ether oxygens (including phenoxy) is 1. The molecule has 0 unspecified atom stereocenters. The van der Waals surface area contributed by atoms with E-state index in [2.05, 4.69) is 0 Å². The summed E-state index contributed by atoms with van der Waals surface area (Å²) in [5.74, 6) is -1.66. The van der Waals surface area contributed by atoms with Gasteiger partial charge in [0, 0.05) is 24.2 Å². The second kappa shape index (κ2) is 10.0. The molecule has 10 heteroatoms. The molecule has 0 saturated heterocycles. The van der Waals surface area contributed by atoms with Gasteiger partial charge in [0.1, 0.15) is 11.6 Å². The van der Waals surface area contributed by atoms with Crippen LogP contribution in [-0.4, -0.2) is 37.5 Å². The third-order valence-corrected chi connectivity index (χ3v) is 6.65. The van der Waals surface area contributed by atoms with Gasteiger partial charge in [-0.15, -0.1) is 0 Å². The molecule has 0 atom stereocenters. The van der Waals surface area contributed by atoms with Crippen molar-refractivity contribution in [2.24, 2.45) is 0 Å². The predicted octanol–water partition coefficient (Wildman–Crippen LogP) is 4.30. The number of aliphatic carboxylic acids is 1. The van der Waals surface area contributed by atoms with Gasteiger partial charge in [-0.2, -0.15) is 9.57 Å². The highest BCUT2D eigenvalue weighted by atomic mass is 35.5. The maximum absolute atomic E-state index is 13.7. The van der Waals surface area contributed by atoms with E-state index < -0.39 is 28.4 Å². The summed E-state index contributed by atoms with van der Waals surface area (Å²) in [6.07, 6.45) is 0. The van der Waals surface area contributed by atoms with Crippen LogP contribution in [0, 0.1) is 17.1 Å². The van der Waals surface area contributed by atoms with E-state index in [-0.39, 0.29) is 22.2 Å². The van der Waals surface area contributed by atoms with Gasteiger partial charge in [-0.25, -0.2) is 17.6 Å². The molecule has 0 fully saturated rings. The average molecular weight is 489 g/mol. The molecular weight excluding hydrogens is 471 g/mol. The highest BCUT2D eigenvalue weighted by Crippen LogP contribution is 2.32. The fraction of sp³-hybridized carbons (Fsp3) is 0.130. The predicted molar refractivity (Wildman–Crippen MR) is 120 cm³/mol. The molecule has 0 aromatic heterocycles. The number of carbonyl (C=O) groups is 1. The molecule has 0 spiro atoms. The second-order valence-electron chi connectivity index (χ2n) is 7.07. The molecule has 0 aliphatic heterocycles. The fourth-order valence-corrected chi connectivity index (χ4v) is 4.63. The van der Waals surface area contributed by atoms with Gasteiger partial charge >= 0.3 is 5.97 Å². The summed E-state index contributed by atoms with van der Waals surface area (Å²) in [6, 6.07) is 16.5. The number of hydrogen-bond donors (Lipinski definition) is 1. The number of hydrogen-bond acceptors (Lipinski definition) is 5. The molecule has 0 bridgehead atoms. The minimum absolute atomic E-state index is 0.0402. The van der Waals surface area contributed by atoms with Gasteiger partial charge in [-0.1, -0.05) is 29.8 Å². The van der Waals surface area contributed by atoms with Crippen molar-refractivity contribution in [2.45, 2.75) is 11.4 Å². The SMILES string of the molecule is CN(Cc1ccc(OCC(=O)O)c(-c2cccc(C#N)c2)c1)S(=O)(=O)c1cc(F)cc(Cl)c1. The summed E-state index contributed by atoms with van der Waals surface area (Å²) in [5.41, 5.74) is 2.04. The first-order valence-corrected chi connectivity index (χ1v) is 11.3. The molecule has 33 heavy (non-hydrogen) atoms. The van der Waals surface area contributed by atoms with Crippen LogP contribution < -0.4 is 4.74 Å². The number of carboxylic acids is 1. The van der Waals surface area contributed by atoms with Crippen molar-refractivity contribution in [3.05, 3.63) is 82.6 Å². The largest absolute Gasteiger partial charge is 0.481 e. The third-order valence-electron chi connectivity index (χ3n) is 4.65. The van der Waals surface area contributed by atoms with Crippen molar-refractivity contribution >= 4 is 27.6 Å². The number of benzene rings is 3. The Morgan fingerprint density at radius 3 is 2.61 bits per heavy atom. The van der Waals surface area contributed by atoms with E-state index in [1.807, 2.05) is 6.07 Å². The van der Waals surface area contributed by atoms with E-state index in [1.54, 1.807) is 36.4 Å². The van der Waals surface area contributed by atoms with Crippen molar-refractivity contribution in [1.29, 1.82) is 5.26 Å². The number of nitrogens with zero attached hydrogens (tertiary/aromatic N) is 2. The van der Waals surface area contributed by atoms with E-state index in [0.717, 1.165) is 22.5 Å². The molecule has 0 aliphatic carbocycles. The fourth-order valence-electron chi connectivity index (χ4n) is 3.12. The topological polar surface area (TPSA) is 108 Å². The molecule has 3 aromatic carbocycles. The Morgan fingerprint density at radius 2 is 1.94 bits per heavy atom. The highest BCUT2D eigenvalue weighted by Gasteiger charge is 2.23. The van der Waals surface area contributed by atoms with Crippen LogP contribution in [-0.2, 0) is 21.4 Å². The van der Waals surface area contributed by atoms with E-state index in [1.165, 1.54) is 13.1 Å². The number of rotatable bonds is 8. The lowest BCUT2D eigenvalue weighted by atomic mass is 10.00. The lowest BCUT2D eigenvalue weighted by Crippen LogP contribution is -2.26. The summed E-state index contributed by atoms with van der Waals surface area (Å²) in [4.78, 5) is 10.7. The smallest absolute Gasteiger partial charge is 0.341 e. The molecule has 3 aromatic rings. The van der Waals surface area contributed by atoms with Gasteiger partial charge < -0.3 is 9.84 Å². The monoisotopic (exact) mass is 488 g/mol. The van der Waals surface area contributed by atoms with Crippen LogP contribution in [0.25, 0.3) is 11.1 Å². The Kier molecular flexibility index (Phi) is 7.33. The molecular formula is C23H18ClFN2O5S. The summed E-state index contributed by atoms with van der Waals surface area (Å²) < 4.78 is 45.9. The Morgan fingerprint density at radius 1 is 1.18 bits per heavy atom. The first-order chi connectivity index (χ1) is 15.6. The van der Waals surface area contributed by atoms with Gasteiger partial charge in [0.25, 0.3) is 0 Å². The molecule has 0 heterocycles. The van der Waals surface area contributed by atoms with Gasteiger partial charge in [-0.3, -0.25) is 0 Å². The van der Waals surface area contributed by atoms with Crippen LogP contribution >= 0.6 is 11.6 Å². The lowest BCUT2D eigenvalue weighted by molar-refractivity contribution is -0.139. The van der Waals surface area contributed by atoms with Crippen LogP contribution in [0.5, 0.6) is 5.75 Å². The van der Waals surface area contributed by atoms with Crippen LogP contribution in [0.2, 0.25) is 5.02 Å². The zero-order valence-electron chi connectivity index (χ0n) is 17.3. The number of halogens is 2. The summed E-state index contributed by atoms with van der Waals surface area (Å²) in [5, 5.41) is 18.1. The molecule has 1 N–H and O–H groups in total. The average Bonchev–Trinajstić information content (AvgIpc) is 2.77. The van der Waals surface area contributed by atoms with E-state index in [4.69, 9.17) is 21.4 Å². The van der Waals surface area contributed by atoms with Gasteiger partial charge in [0.15, 0.2) is 6.61 Å². The quantitative estimate of drug-likeness (QED) is 0.506. The highest BCUT2D eigenvalue weighted by molar-refractivity contribution is 7.89. The van der Waals surface area contributed by atoms with Crippen LogP contribution in [0.4, 0.5) is 4.39 Å². The zero-order chi connectivity index (χ0) is 24.2. The first-order valence-electron chi connectivity index (χ1n) is 9.50. The Bertz CT molecular complexity index is 1330. The minimum atomic E-state index is -4.05. The minimum Gasteiger partial charge on any atom is -0.481 e. The van der Waals surface area contributed by atoms with E-state index in [0.29, 0.717) is 22.3 Å². The maximum Gasteiger partial charge on any atom is 0.341 e. The Labute approximate surface area is 195 Å². The zero-order valence-corrected chi connectivity index (χ0v) is 18.9. The molecule has 0 aliphatic rings. The second-order valence-corrected chi connectivity index (χ2v) is 9.55. The normalized spacial score (nSPS) is 11.2. The maximum atomic E-state index is 13.7. The lowest BCUT2D eigenvalue weighted by Gasteiger charge is -2.19. The number of nitriles is 1. The summed E-state index contributed by atoms with van der Waals surface area (Å²) in [7, 11) is -2.70. The first kappa shape index (κ1) is 24.2. The standard InChI is InChI=1S/C23H18ClFN2O5S/c1-27(33(30,31)20-10-18(24)9-19(25)11-20)13-16-5-6-22(32-14-23(28)29)21(8-16)17-4-2-3-15(7-17)12-26/h2-11H,13-14H2,1H3,(H,28,29). The Balaban J connectivity index is 1.97. The van der Waals surface area contributed by atoms with Crippen molar-refractivity contribution in [3.63, 3.8) is 0 Å². The van der Waals surface area contributed by atoms with Gasteiger partial charge in [0.2, 0.25) is 10.0 Å². The molecule has 0 radical (unpaired) electrons. The van der Waals surface area contributed by atoms with Crippen LogP contribution in [0.3, 0.4) is 0 Å². The van der Waals surface area contributed by atoms with E-state index >= 15 is 0 Å². The molecule has 3 rings (SSSR count). The summed E-state index contributed by atoms with van der Waals surface area (Å²) in [6.45, 7) is -0.639.